The maximum Gasteiger partial charge on any atom is 0.255 e. The van der Waals surface area contributed by atoms with Crippen LogP contribution in [-0.2, 0) is 0 Å². The summed E-state index contributed by atoms with van der Waals surface area (Å²) in [6.45, 7) is 3.75. The van der Waals surface area contributed by atoms with Crippen LogP contribution in [0, 0.1) is 6.92 Å². The average molecular weight is 338 g/mol. The van der Waals surface area contributed by atoms with Crippen LogP contribution in [0.3, 0.4) is 0 Å². The Labute approximate surface area is 126 Å². The van der Waals surface area contributed by atoms with Crippen molar-refractivity contribution < 1.29 is 13.9 Å². The Morgan fingerprint density at radius 3 is 2.70 bits per heavy atom. The number of carbonyl (C=O) groups is 1. The van der Waals surface area contributed by atoms with Crippen LogP contribution >= 0.6 is 15.9 Å². The number of rotatable bonds is 4. The van der Waals surface area contributed by atoms with E-state index in [4.69, 9.17) is 9.15 Å². The summed E-state index contributed by atoms with van der Waals surface area (Å²) in [5, 5.41) is 2.89. The van der Waals surface area contributed by atoms with Gasteiger partial charge in [0.05, 0.1) is 18.7 Å². The van der Waals surface area contributed by atoms with E-state index in [0.717, 1.165) is 16.0 Å². The molecule has 106 valence electrons. The van der Waals surface area contributed by atoms with Crippen molar-refractivity contribution in [1.82, 2.24) is 5.32 Å². The molecule has 1 aromatic heterocycles. The van der Waals surface area contributed by atoms with Crippen LogP contribution in [-0.4, -0.2) is 13.0 Å². The lowest BCUT2D eigenvalue weighted by Crippen LogP contribution is -2.26. The quantitative estimate of drug-likeness (QED) is 0.921. The van der Waals surface area contributed by atoms with Crippen LogP contribution in [0.25, 0.3) is 0 Å². The van der Waals surface area contributed by atoms with E-state index in [-0.39, 0.29) is 11.9 Å². The normalized spacial score (nSPS) is 12.0. The lowest BCUT2D eigenvalue weighted by atomic mass is 10.1. The monoisotopic (exact) mass is 337 g/mol. The summed E-state index contributed by atoms with van der Waals surface area (Å²) in [5.74, 6) is 1.88. The van der Waals surface area contributed by atoms with Gasteiger partial charge in [0.2, 0.25) is 0 Å². The third kappa shape index (κ3) is 3.22. The SMILES string of the molecule is COc1cc(Br)ccc1C(=O)NC(C)c1ccc(C)o1. The highest BCUT2D eigenvalue weighted by Crippen LogP contribution is 2.24. The molecule has 1 unspecified atom stereocenters. The zero-order chi connectivity index (χ0) is 14.7. The lowest BCUT2D eigenvalue weighted by Gasteiger charge is -2.13. The highest BCUT2D eigenvalue weighted by molar-refractivity contribution is 9.10. The number of ether oxygens (including phenoxy) is 1. The number of hydrogen-bond acceptors (Lipinski definition) is 3. The van der Waals surface area contributed by atoms with Gasteiger partial charge in [-0.05, 0) is 44.2 Å². The predicted molar refractivity (Wildman–Crippen MR) is 80.0 cm³/mol. The van der Waals surface area contributed by atoms with Crippen LogP contribution in [0.1, 0.15) is 34.8 Å². The molecule has 0 saturated carbocycles. The number of hydrogen-bond donors (Lipinski definition) is 1. The average Bonchev–Trinajstić information content (AvgIpc) is 2.85. The van der Waals surface area contributed by atoms with Gasteiger partial charge in [-0.15, -0.1) is 0 Å². The minimum Gasteiger partial charge on any atom is -0.496 e. The van der Waals surface area contributed by atoms with Crippen LogP contribution in [0.2, 0.25) is 0 Å². The number of methoxy groups -OCH3 is 1. The molecule has 2 aromatic rings. The molecular formula is C15H16BrNO3. The van der Waals surface area contributed by atoms with Crippen LogP contribution < -0.4 is 10.1 Å². The van der Waals surface area contributed by atoms with Crippen LogP contribution in [0.4, 0.5) is 0 Å². The van der Waals surface area contributed by atoms with Crippen molar-refractivity contribution in [3.63, 3.8) is 0 Å². The summed E-state index contributed by atoms with van der Waals surface area (Å²) in [6, 6.07) is 8.82. The minimum absolute atomic E-state index is 0.198. The number of halogens is 1. The van der Waals surface area contributed by atoms with Gasteiger partial charge in [0, 0.05) is 4.47 Å². The summed E-state index contributed by atoms with van der Waals surface area (Å²) in [7, 11) is 1.54. The van der Waals surface area contributed by atoms with E-state index in [1.54, 1.807) is 18.2 Å². The molecule has 1 aromatic carbocycles. The fourth-order valence-corrected chi connectivity index (χ4v) is 2.22. The molecule has 1 amide bonds. The molecule has 0 aliphatic heterocycles. The molecule has 4 nitrogen and oxygen atoms in total. The minimum atomic E-state index is -0.204. The molecule has 0 bridgehead atoms. The van der Waals surface area contributed by atoms with E-state index in [1.807, 2.05) is 26.0 Å². The third-order valence-corrected chi connectivity index (χ3v) is 3.44. The van der Waals surface area contributed by atoms with Crippen LogP contribution in [0.15, 0.2) is 39.2 Å². The summed E-state index contributed by atoms with van der Waals surface area (Å²) in [4.78, 5) is 12.3. The zero-order valence-corrected chi connectivity index (χ0v) is 13.2. The van der Waals surface area contributed by atoms with E-state index >= 15 is 0 Å². The fourth-order valence-electron chi connectivity index (χ4n) is 1.88. The topological polar surface area (TPSA) is 51.5 Å². The molecule has 0 aliphatic rings. The zero-order valence-electron chi connectivity index (χ0n) is 11.6. The van der Waals surface area contributed by atoms with E-state index in [0.29, 0.717) is 11.3 Å². The first-order valence-electron chi connectivity index (χ1n) is 6.22. The van der Waals surface area contributed by atoms with Crippen molar-refractivity contribution in [3.05, 3.63) is 51.9 Å². The van der Waals surface area contributed by atoms with E-state index in [1.165, 1.54) is 7.11 Å². The molecule has 1 atom stereocenters. The van der Waals surface area contributed by atoms with Crippen LogP contribution in [0.5, 0.6) is 5.75 Å². The van der Waals surface area contributed by atoms with Crippen molar-refractivity contribution in [3.8, 4) is 5.75 Å². The molecule has 1 heterocycles. The second kappa shape index (κ2) is 6.13. The maximum absolute atomic E-state index is 12.3. The lowest BCUT2D eigenvalue weighted by molar-refractivity contribution is 0.0932. The Hall–Kier alpha value is -1.75. The predicted octanol–water partition coefficient (Wildman–Crippen LogP) is 3.85. The molecule has 0 radical (unpaired) electrons. The number of nitrogens with one attached hydrogen (secondary N) is 1. The first-order chi connectivity index (χ1) is 9.51. The largest absolute Gasteiger partial charge is 0.496 e. The molecule has 2 rings (SSSR count). The second-order valence-electron chi connectivity index (χ2n) is 4.49. The standard InChI is InChI=1S/C15H16BrNO3/c1-9-4-7-13(20-9)10(2)17-15(18)12-6-5-11(16)8-14(12)19-3/h4-8,10H,1-3H3,(H,17,18). The van der Waals surface area contributed by atoms with E-state index in [2.05, 4.69) is 21.2 Å². The summed E-state index contributed by atoms with van der Waals surface area (Å²) in [5.41, 5.74) is 0.492. The number of amides is 1. The van der Waals surface area contributed by atoms with Gasteiger partial charge >= 0.3 is 0 Å². The third-order valence-electron chi connectivity index (χ3n) is 2.94. The molecule has 20 heavy (non-hydrogen) atoms. The molecule has 0 spiro atoms. The maximum atomic E-state index is 12.3. The Balaban J connectivity index is 2.16. The first kappa shape index (κ1) is 14.7. The molecular weight excluding hydrogens is 322 g/mol. The van der Waals surface area contributed by atoms with E-state index in [9.17, 15) is 4.79 Å². The van der Waals surface area contributed by atoms with Crippen molar-refractivity contribution >= 4 is 21.8 Å². The molecule has 1 N–H and O–H groups in total. The second-order valence-corrected chi connectivity index (χ2v) is 5.40. The van der Waals surface area contributed by atoms with Gasteiger partial charge in [0.25, 0.3) is 5.91 Å². The Morgan fingerprint density at radius 1 is 1.35 bits per heavy atom. The first-order valence-corrected chi connectivity index (χ1v) is 7.01. The summed E-state index contributed by atoms with van der Waals surface area (Å²) < 4.78 is 11.6. The van der Waals surface area contributed by atoms with Crippen molar-refractivity contribution in [2.75, 3.05) is 7.11 Å². The number of aryl methyl sites for hydroxylation is 1. The summed E-state index contributed by atoms with van der Waals surface area (Å²) in [6.07, 6.45) is 0. The van der Waals surface area contributed by atoms with Gasteiger partial charge in [0.15, 0.2) is 0 Å². The van der Waals surface area contributed by atoms with Gasteiger partial charge < -0.3 is 14.5 Å². The van der Waals surface area contributed by atoms with Gasteiger partial charge in [-0.2, -0.15) is 0 Å². The van der Waals surface area contributed by atoms with E-state index < -0.39 is 0 Å². The smallest absolute Gasteiger partial charge is 0.255 e. The van der Waals surface area contributed by atoms with Gasteiger partial charge in [-0.3, -0.25) is 4.79 Å². The highest BCUT2D eigenvalue weighted by Gasteiger charge is 2.17. The van der Waals surface area contributed by atoms with Gasteiger partial charge in [-0.25, -0.2) is 0 Å². The van der Waals surface area contributed by atoms with Crippen molar-refractivity contribution in [2.24, 2.45) is 0 Å². The number of benzene rings is 1. The van der Waals surface area contributed by atoms with Crippen molar-refractivity contribution in [1.29, 1.82) is 0 Å². The number of carbonyl (C=O) groups excluding carboxylic acids is 1. The molecule has 0 fully saturated rings. The van der Waals surface area contributed by atoms with Gasteiger partial charge in [-0.1, -0.05) is 15.9 Å². The Kier molecular flexibility index (Phi) is 4.49. The van der Waals surface area contributed by atoms with Gasteiger partial charge in [0.1, 0.15) is 17.3 Å². The number of furan rings is 1. The highest BCUT2D eigenvalue weighted by atomic mass is 79.9. The molecule has 0 aliphatic carbocycles. The van der Waals surface area contributed by atoms with Crippen molar-refractivity contribution in [2.45, 2.75) is 19.9 Å². The Morgan fingerprint density at radius 2 is 2.10 bits per heavy atom. The molecule has 5 heteroatoms. The summed E-state index contributed by atoms with van der Waals surface area (Å²) >= 11 is 3.35. The fraction of sp³-hybridized carbons (Fsp3) is 0.267. The Bertz CT molecular complexity index is 621. The molecule has 0 saturated heterocycles.